The summed E-state index contributed by atoms with van der Waals surface area (Å²) in [6.07, 6.45) is 0. The number of aryl methyl sites for hydroxylation is 1. The van der Waals surface area contributed by atoms with Crippen LogP contribution >= 0.6 is 43.2 Å². The molecule has 0 aliphatic carbocycles. The molecule has 5 heteroatoms. The SMILES string of the molecule is CNC(c1cc(Br)c(Br)s1)c1ccc(C)c(C)c1OC. The van der Waals surface area contributed by atoms with Crippen LogP contribution in [0.5, 0.6) is 5.75 Å². The largest absolute Gasteiger partial charge is 0.496 e. The second kappa shape index (κ2) is 6.60. The van der Waals surface area contributed by atoms with Crippen molar-refractivity contribution in [2.75, 3.05) is 14.2 Å². The van der Waals surface area contributed by atoms with Crippen molar-refractivity contribution in [3.8, 4) is 5.75 Å². The average Bonchev–Trinajstić information content (AvgIpc) is 2.75. The number of ether oxygens (including phenoxy) is 1. The fourth-order valence-corrected chi connectivity index (χ4v) is 4.48. The van der Waals surface area contributed by atoms with Gasteiger partial charge in [0.15, 0.2) is 0 Å². The molecular formula is C15H17Br2NOS. The van der Waals surface area contributed by atoms with Gasteiger partial charge >= 0.3 is 0 Å². The fraction of sp³-hybridized carbons (Fsp3) is 0.333. The summed E-state index contributed by atoms with van der Waals surface area (Å²) in [7, 11) is 3.71. The maximum absolute atomic E-state index is 5.64. The van der Waals surface area contributed by atoms with E-state index in [4.69, 9.17) is 4.74 Å². The van der Waals surface area contributed by atoms with Gasteiger partial charge in [-0.05, 0) is 69.9 Å². The van der Waals surface area contributed by atoms with E-state index >= 15 is 0 Å². The third-order valence-electron chi connectivity index (χ3n) is 3.46. The normalized spacial score (nSPS) is 12.5. The van der Waals surface area contributed by atoms with Crippen LogP contribution in [-0.4, -0.2) is 14.2 Å². The van der Waals surface area contributed by atoms with E-state index in [0.29, 0.717) is 0 Å². The number of hydrogen-bond acceptors (Lipinski definition) is 3. The number of halogens is 2. The van der Waals surface area contributed by atoms with Crippen LogP contribution in [-0.2, 0) is 0 Å². The smallest absolute Gasteiger partial charge is 0.127 e. The maximum atomic E-state index is 5.64. The molecule has 1 aromatic heterocycles. The van der Waals surface area contributed by atoms with Crippen molar-refractivity contribution in [1.82, 2.24) is 5.32 Å². The molecule has 2 aromatic rings. The molecule has 0 spiro atoms. The summed E-state index contributed by atoms with van der Waals surface area (Å²) in [6, 6.07) is 6.56. The zero-order valence-electron chi connectivity index (χ0n) is 11.9. The molecule has 0 fully saturated rings. The predicted molar refractivity (Wildman–Crippen MR) is 93.1 cm³/mol. The Labute approximate surface area is 140 Å². The van der Waals surface area contributed by atoms with E-state index in [1.54, 1.807) is 18.4 Å². The summed E-state index contributed by atoms with van der Waals surface area (Å²) in [5.74, 6) is 0.963. The van der Waals surface area contributed by atoms with Crippen molar-refractivity contribution < 1.29 is 4.74 Å². The molecule has 0 amide bonds. The molecule has 20 heavy (non-hydrogen) atoms. The number of hydrogen-bond donors (Lipinski definition) is 1. The Morgan fingerprint density at radius 3 is 2.45 bits per heavy atom. The van der Waals surface area contributed by atoms with Crippen LogP contribution in [0.3, 0.4) is 0 Å². The Kier molecular flexibility index (Phi) is 5.29. The average molecular weight is 419 g/mol. The Hall–Kier alpha value is -0.360. The minimum atomic E-state index is 0.122. The Morgan fingerprint density at radius 2 is 1.95 bits per heavy atom. The number of methoxy groups -OCH3 is 1. The third kappa shape index (κ3) is 2.96. The first kappa shape index (κ1) is 16.0. The van der Waals surface area contributed by atoms with Crippen LogP contribution in [0.15, 0.2) is 26.5 Å². The van der Waals surface area contributed by atoms with Gasteiger partial charge in [-0.15, -0.1) is 11.3 Å². The van der Waals surface area contributed by atoms with Crippen LogP contribution in [0.1, 0.15) is 27.6 Å². The predicted octanol–water partition coefficient (Wildman–Crippen LogP) is 5.21. The molecule has 2 rings (SSSR count). The molecule has 1 N–H and O–H groups in total. The Bertz CT molecular complexity index is 605. The third-order valence-corrected chi connectivity index (χ3v) is 6.78. The highest BCUT2D eigenvalue weighted by Crippen LogP contribution is 2.40. The topological polar surface area (TPSA) is 21.3 Å². The minimum absolute atomic E-state index is 0.122. The molecule has 0 bridgehead atoms. The first-order valence-corrected chi connectivity index (χ1v) is 8.66. The van der Waals surface area contributed by atoms with Gasteiger partial charge < -0.3 is 10.1 Å². The molecule has 0 aliphatic rings. The van der Waals surface area contributed by atoms with E-state index in [9.17, 15) is 0 Å². The van der Waals surface area contributed by atoms with E-state index in [0.717, 1.165) is 14.0 Å². The molecule has 1 atom stereocenters. The van der Waals surface area contributed by atoms with Crippen molar-refractivity contribution in [2.45, 2.75) is 19.9 Å². The number of benzene rings is 1. The van der Waals surface area contributed by atoms with Crippen molar-refractivity contribution in [3.05, 3.63) is 48.0 Å². The van der Waals surface area contributed by atoms with Crippen LogP contribution in [0.2, 0.25) is 0 Å². The van der Waals surface area contributed by atoms with E-state index < -0.39 is 0 Å². The fourth-order valence-electron chi connectivity index (χ4n) is 2.27. The van der Waals surface area contributed by atoms with Crippen molar-refractivity contribution in [2.24, 2.45) is 0 Å². The zero-order chi connectivity index (χ0) is 14.9. The van der Waals surface area contributed by atoms with Gasteiger partial charge in [-0.2, -0.15) is 0 Å². The molecule has 0 saturated heterocycles. The number of thiophene rings is 1. The molecule has 1 unspecified atom stereocenters. The van der Waals surface area contributed by atoms with E-state index in [1.165, 1.54) is 21.6 Å². The van der Waals surface area contributed by atoms with Gasteiger partial charge in [0.05, 0.1) is 16.9 Å². The first-order chi connectivity index (χ1) is 9.49. The first-order valence-electron chi connectivity index (χ1n) is 6.25. The van der Waals surface area contributed by atoms with Crippen molar-refractivity contribution in [3.63, 3.8) is 0 Å². The van der Waals surface area contributed by atoms with Crippen LogP contribution < -0.4 is 10.1 Å². The van der Waals surface area contributed by atoms with Gasteiger partial charge in [0.25, 0.3) is 0 Å². The monoisotopic (exact) mass is 417 g/mol. The van der Waals surface area contributed by atoms with E-state index in [1.807, 2.05) is 7.05 Å². The summed E-state index contributed by atoms with van der Waals surface area (Å²) in [5.41, 5.74) is 3.60. The quantitative estimate of drug-likeness (QED) is 0.735. The minimum Gasteiger partial charge on any atom is -0.496 e. The van der Waals surface area contributed by atoms with E-state index in [2.05, 4.69) is 69.2 Å². The van der Waals surface area contributed by atoms with Crippen molar-refractivity contribution in [1.29, 1.82) is 0 Å². The van der Waals surface area contributed by atoms with Gasteiger partial charge in [0, 0.05) is 14.9 Å². The molecule has 2 nitrogen and oxygen atoms in total. The molecule has 1 heterocycles. The summed E-state index contributed by atoms with van der Waals surface area (Å²) in [5, 5.41) is 3.39. The molecular weight excluding hydrogens is 402 g/mol. The highest BCUT2D eigenvalue weighted by Gasteiger charge is 2.21. The van der Waals surface area contributed by atoms with Gasteiger partial charge in [-0.1, -0.05) is 12.1 Å². The Balaban J connectivity index is 2.55. The summed E-state index contributed by atoms with van der Waals surface area (Å²) in [4.78, 5) is 1.24. The van der Waals surface area contributed by atoms with Crippen molar-refractivity contribution >= 4 is 43.2 Å². The van der Waals surface area contributed by atoms with Crippen LogP contribution in [0.25, 0.3) is 0 Å². The second-order valence-electron chi connectivity index (χ2n) is 4.62. The lowest BCUT2D eigenvalue weighted by Gasteiger charge is -2.20. The second-order valence-corrected chi connectivity index (χ2v) is 7.88. The molecule has 0 radical (unpaired) electrons. The molecule has 0 aliphatic heterocycles. The zero-order valence-corrected chi connectivity index (χ0v) is 15.9. The van der Waals surface area contributed by atoms with Gasteiger partial charge in [-0.25, -0.2) is 0 Å². The van der Waals surface area contributed by atoms with Crippen LogP contribution in [0.4, 0.5) is 0 Å². The standard InChI is InChI=1S/C15H17Br2NOS/c1-8-5-6-10(14(19-4)9(8)2)13(18-3)12-7-11(16)15(17)20-12/h5-7,13,18H,1-4H3. The molecule has 108 valence electrons. The number of rotatable bonds is 4. The molecule has 1 aromatic carbocycles. The lowest BCUT2D eigenvalue weighted by molar-refractivity contribution is 0.402. The molecule has 0 saturated carbocycles. The summed E-state index contributed by atoms with van der Waals surface area (Å²) in [6.45, 7) is 4.21. The Morgan fingerprint density at radius 1 is 1.25 bits per heavy atom. The lowest BCUT2D eigenvalue weighted by Crippen LogP contribution is -2.17. The van der Waals surface area contributed by atoms with Gasteiger partial charge in [-0.3, -0.25) is 0 Å². The lowest BCUT2D eigenvalue weighted by atomic mass is 9.98. The highest BCUT2D eigenvalue weighted by molar-refractivity contribution is 9.13. The number of nitrogens with one attached hydrogen (secondary N) is 1. The maximum Gasteiger partial charge on any atom is 0.127 e. The van der Waals surface area contributed by atoms with Gasteiger partial charge in [0.1, 0.15) is 5.75 Å². The summed E-state index contributed by atoms with van der Waals surface area (Å²) < 4.78 is 7.83. The van der Waals surface area contributed by atoms with Crippen LogP contribution in [0, 0.1) is 13.8 Å². The highest BCUT2D eigenvalue weighted by atomic mass is 79.9. The summed E-state index contributed by atoms with van der Waals surface area (Å²) >= 11 is 8.84. The van der Waals surface area contributed by atoms with Gasteiger partial charge in [0.2, 0.25) is 0 Å². The van der Waals surface area contributed by atoms with E-state index in [-0.39, 0.29) is 6.04 Å².